The van der Waals surface area contributed by atoms with Crippen LogP contribution in [0.15, 0.2) is 24.3 Å². The molecule has 1 aromatic carbocycles. The van der Waals surface area contributed by atoms with E-state index in [0.717, 1.165) is 30.5 Å². The van der Waals surface area contributed by atoms with E-state index in [9.17, 15) is 13.2 Å². The van der Waals surface area contributed by atoms with Crippen molar-refractivity contribution < 1.29 is 13.2 Å². The summed E-state index contributed by atoms with van der Waals surface area (Å²) in [6.45, 7) is 6.60. The first-order valence-electron chi connectivity index (χ1n) is 7.61. The topological polar surface area (TPSA) is 12.0 Å². The molecule has 2 rings (SSSR count). The van der Waals surface area contributed by atoms with E-state index in [0.29, 0.717) is 11.5 Å². The zero-order valence-corrected chi connectivity index (χ0v) is 12.9. The fourth-order valence-electron chi connectivity index (χ4n) is 2.98. The fraction of sp³-hybridized carbons (Fsp3) is 0.647. The van der Waals surface area contributed by atoms with Crippen molar-refractivity contribution in [3.8, 4) is 0 Å². The summed E-state index contributed by atoms with van der Waals surface area (Å²) < 4.78 is 37.7. The largest absolute Gasteiger partial charge is 0.416 e. The van der Waals surface area contributed by atoms with Gasteiger partial charge in [0.2, 0.25) is 0 Å². The smallest absolute Gasteiger partial charge is 0.307 e. The quantitative estimate of drug-likeness (QED) is 0.796. The predicted molar refractivity (Wildman–Crippen MR) is 79.0 cm³/mol. The zero-order valence-electron chi connectivity index (χ0n) is 12.9. The minimum Gasteiger partial charge on any atom is -0.307 e. The Morgan fingerprint density at radius 1 is 1.10 bits per heavy atom. The lowest BCUT2D eigenvalue weighted by molar-refractivity contribution is -0.137. The molecule has 0 aromatic heterocycles. The molecule has 0 saturated heterocycles. The van der Waals surface area contributed by atoms with Gasteiger partial charge in [0.15, 0.2) is 0 Å². The van der Waals surface area contributed by atoms with Crippen LogP contribution in [-0.2, 0) is 6.18 Å². The van der Waals surface area contributed by atoms with Crippen LogP contribution in [0.4, 0.5) is 13.2 Å². The summed E-state index contributed by atoms with van der Waals surface area (Å²) in [4.78, 5) is 0. The van der Waals surface area contributed by atoms with E-state index in [1.165, 1.54) is 12.8 Å². The minimum absolute atomic E-state index is 0.0819. The van der Waals surface area contributed by atoms with Crippen LogP contribution in [0.2, 0.25) is 0 Å². The van der Waals surface area contributed by atoms with Gasteiger partial charge in [0, 0.05) is 12.1 Å². The maximum atomic E-state index is 12.6. The Bertz CT molecular complexity index is 452. The van der Waals surface area contributed by atoms with Gasteiger partial charge in [0.25, 0.3) is 0 Å². The van der Waals surface area contributed by atoms with E-state index in [1.807, 2.05) is 6.92 Å². The van der Waals surface area contributed by atoms with Crippen molar-refractivity contribution >= 4 is 0 Å². The highest BCUT2D eigenvalue weighted by molar-refractivity contribution is 5.26. The second-order valence-electron chi connectivity index (χ2n) is 6.95. The molecule has 0 bridgehead atoms. The van der Waals surface area contributed by atoms with E-state index in [2.05, 4.69) is 19.2 Å². The van der Waals surface area contributed by atoms with Gasteiger partial charge >= 0.3 is 6.18 Å². The number of benzene rings is 1. The summed E-state index contributed by atoms with van der Waals surface area (Å²) in [5.41, 5.74) is 0.751. The van der Waals surface area contributed by atoms with Crippen LogP contribution < -0.4 is 5.32 Å². The molecule has 0 heterocycles. The first-order valence-corrected chi connectivity index (χ1v) is 7.61. The van der Waals surface area contributed by atoms with Crippen LogP contribution in [-0.4, -0.2) is 6.04 Å². The maximum absolute atomic E-state index is 12.6. The molecule has 1 unspecified atom stereocenters. The molecule has 0 radical (unpaired) electrons. The molecular formula is C17H24F3N. The molecule has 1 aliphatic rings. The monoisotopic (exact) mass is 299 g/mol. The Morgan fingerprint density at radius 2 is 1.62 bits per heavy atom. The van der Waals surface area contributed by atoms with Gasteiger partial charge in [-0.3, -0.25) is 0 Å². The third kappa shape index (κ3) is 4.47. The molecule has 0 aliphatic heterocycles. The third-order valence-electron chi connectivity index (χ3n) is 4.56. The van der Waals surface area contributed by atoms with Crippen molar-refractivity contribution in [1.29, 1.82) is 0 Å². The number of nitrogens with one attached hydrogen (secondary N) is 1. The molecule has 118 valence electrons. The van der Waals surface area contributed by atoms with E-state index in [1.54, 1.807) is 12.1 Å². The molecule has 1 atom stereocenters. The second kappa shape index (κ2) is 5.99. The summed E-state index contributed by atoms with van der Waals surface area (Å²) in [6.07, 6.45) is 0.412. The van der Waals surface area contributed by atoms with Crippen LogP contribution in [0.5, 0.6) is 0 Å². The molecule has 1 N–H and O–H groups in total. The highest BCUT2D eigenvalue weighted by Gasteiger charge is 2.30. The summed E-state index contributed by atoms with van der Waals surface area (Å²) in [5.74, 6) is 0. The fourth-order valence-corrected chi connectivity index (χ4v) is 2.98. The van der Waals surface area contributed by atoms with Crippen LogP contribution in [0.25, 0.3) is 0 Å². The van der Waals surface area contributed by atoms with Gasteiger partial charge in [-0.2, -0.15) is 13.2 Å². The van der Waals surface area contributed by atoms with Gasteiger partial charge in [-0.1, -0.05) is 26.0 Å². The molecule has 1 aromatic rings. The Hall–Kier alpha value is -1.03. The molecule has 1 nitrogen and oxygen atoms in total. The number of halogens is 3. The first-order chi connectivity index (χ1) is 9.67. The van der Waals surface area contributed by atoms with Crippen molar-refractivity contribution in [2.45, 2.75) is 64.7 Å². The Labute approximate surface area is 124 Å². The SMILES string of the molecule is CC(NC1CCC(C)(C)CC1)c1ccc(C(F)(F)F)cc1. The van der Waals surface area contributed by atoms with E-state index < -0.39 is 11.7 Å². The van der Waals surface area contributed by atoms with Crippen molar-refractivity contribution in [2.24, 2.45) is 5.41 Å². The number of hydrogen-bond donors (Lipinski definition) is 1. The minimum atomic E-state index is -4.26. The van der Waals surface area contributed by atoms with Gasteiger partial charge in [-0.25, -0.2) is 0 Å². The Kier molecular flexibility index (Phi) is 4.66. The molecule has 1 fully saturated rings. The molecule has 1 aliphatic carbocycles. The van der Waals surface area contributed by atoms with Gasteiger partial charge in [-0.05, 0) is 55.7 Å². The summed E-state index contributed by atoms with van der Waals surface area (Å²) in [7, 11) is 0. The highest BCUT2D eigenvalue weighted by Crippen LogP contribution is 2.36. The first kappa shape index (κ1) is 16.3. The lowest BCUT2D eigenvalue weighted by atomic mass is 9.75. The third-order valence-corrected chi connectivity index (χ3v) is 4.56. The van der Waals surface area contributed by atoms with Crippen LogP contribution >= 0.6 is 0 Å². The zero-order chi connectivity index (χ0) is 15.7. The number of alkyl halides is 3. The summed E-state index contributed by atoms with van der Waals surface area (Å²) in [5, 5.41) is 3.55. The molecule has 1 saturated carbocycles. The standard InChI is InChI=1S/C17H24F3N/c1-12(21-15-8-10-16(2,3)11-9-15)13-4-6-14(7-5-13)17(18,19)20/h4-7,12,15,21H,8-11H2,1-3H3. The van der Waals surface area contributed by atoms with Gasteiger partial charge in [0.1, 0.15) is 0 Å². The molecule has 0 spiro atoms. The Balaban J connectivity index is 1.93. The lowest BCUT2D eigenvalue weighted by Crippen LogP contribution is -2.37. The van der Waals surface area contributed by atoms with Gasteiger partial charge < -0.3 is 5.32 Å². The van der Waals surface area contributed by atoms with Crippen LogP contribution in [0, 0.1) is 5.41 Å². The van der Waals surface area contributed by atoms with Crippen molar-refractivity contribution in [3.63, 3.8) is 0 Å². The molecule has 21 heavy (non-hydrogen) atoms. The second-order valence-corrected chi connectivity index (χ2v) is 6.95. The Morgan fingerprint density at radius 3 is 2.10 bits per heavy atom. The lowest BCUT2D eigenvalue weighted by Gasteiger charge is -2.36. The van der Waals surface area contributed by atoms with E-state index in [-0.39, 0.29) is 6.04 Å². The summed E-state index contributed by atoms with van der Waals surface area (Å²) in [6, 6.07) is 6.03. The van der Waals surface area contributed by atoms with Crippen LogP contribution in [0.1, 0.15) is 63.6 Å². The van der Waals surface area contributed by atoms with Crippen molar-refractivity contribution in [2.75, 3.05) is 0 Å². The van der Waals surface area contributed by atoms with Crippen molar-refractivity contribution in [1.82, 2.24) is 5.32 Å². The van der Waals surface area contributed by atoms with Crippen molar-refractivity contribution in [3.05, 3.63) is 35.4 Å². The summed E-state index contributed by atoms with van der Waals surface area (Å²) >= 11 is 0. The van der Waals surface area contributed by atoms with Gasteiger partial charge in [0.05, 0.1) is 5.56 Å². The predicted octanol–water partition coefficient (Wildman–Crippen LogP) is 5.32. The van der Waals surface area contributed by atoms with Gasteiger partial charge in [-0.15, -0.1) is 0 Å². The number of rotatable bonds is 3. The van der Waals surface area contributed by atoms with Crippen LogP contribution in [0.3, 0.4) is 0 Å². The number of hydrogen-bond acceptors (Lipinski definition) is 1. The average molecular weight is 299 g/mol. The molecule has 4 heteroatoms. The normalized spacial score (nSPS) is 21.2. The molecule has 0 amide bonds. The highest BCUT2D eigenvalue weighted by atomic mass is 19.4. The van der Waals surface area contributed by atoms with E-state index in [4.69, 9.17) is 0 Å². The average Bonchev–Trinajstić information content (AvgIpc) is 2.40. The maximum Gasteiger partial charge on any atom is 0.416 e. The molecular weight excluding hydrogens is 275 g/mol. The van der Waals surface area contributed by atoms with E-state index >= 15 is 0 Å².